The molecule has 0 radical (unpaired) electrons. The normalized spacial score (nSPS) is 27.2. The van der Waals surface area contributed by atoms with E-state index in [2.05, 4.69) is 24.5 Å². The molecule has 30 nitrogen and oxygen atoms in total. The molecule has 0 amide bonds. The lowest BCUT2D eigenvalue weighted by Crippen LogP contribution is -2.34. The highest BCUT2D eigenvalue weighted by Crippen LogP contribution is 2.40. The van der Waals surface area contributed by atoms with Crippen LogP contribution in [0.4, 0.5) is 23.4 Å². The largest absolute Gasteiger partial charge is 0.469 e. The fraction of sp³-hybridized carbons (Fsp3) is 0.469. The van der Waals surface area contributed by atoms with Gasteiger partial charge in [-0.3, -0.25) is 43.2 Å². The number of imidazole rings is 1. The summed E-state index contributed by atoms with van der Waals surface area (Å²) in [6, 6.07) is 0.0295. The molecule has 0 spiro atoms. The Morgan fingerprint density at radius 3 is 2.10 bits per heavy atom. The number of nitrogen functional groups attached to an aromatic ring is 1. The number of fused-ring (bicyclic) bond motifs is 4. The zero-order chi connectivity index (χ0) is 49.2. The third kappa shape index (κ3) is 11.2. The third-order valence-electron chi connectivity index (χ3n) is 9.75. The summed E-state index contributed by atoms with van der Waals surface area (Å²) in [6.45, 7) is -1.42. The van der Waals surface area contributed by atoms with Gasteiger partial charge in [-0.25, -0.2) is 23.5 Å². The number of hydrogen-bond acceptors (Lipinski definition) is 22. The maximum absolute atomic E-state index is 13.3. The average molecular weight is 985 g/mol. The van der Waals surface area contributed by atoms with Crippen LogP contribution >= 0.6 is 7.82 Å². The van der Waals surface area contributed by atoms with Crippen LogP contribution in [0.2, 0.25) is 0 Å². The number of H-pyrrole nitrogens is 3. The molecule has 3 fully saturated rings. The van der Waals surface area contributed by atoms with E-state index in [1.54, 1.807) is 9.97 Å². The van der Waals surface area contributed by atoms with Gasteiger partial charge in [0.2, 0.25) is 11.6 Å². The van der Waals surface area contributed by atoms with Crippen molar-refractivity contribution >= 4 is 24.8 Å². The number of aliphatic hydroxyl groups excluding tert-OH is 6. The standard InChI is InChI=1S/C10H13FN5O7P.C9H10FN3O4.C9H11FN2O5.C4H3FN2O2/c11-10-14-7(12)4-8(15-10)16(2-13-4)9-6(18)5(17)3(23-9)1-22-24(19,20)21;10-3-1-13-8-6(5(15)4(2-14)16-8)17-9(13)12-7(3)11;10-4-2-12(9(16)11-8(4)15)7-1-5(14)6(3-13)17-7;5-2-1-6-4(9)7-3(2)8/h2-3,5-6,9,17-18H,1H2,(H2,12,14,15)(H2,19,20,21);1,4-6,8,11,14-15H,2H2;2,5-7,13-14H,1,3H2,(H,11,15,16);1H,(H2,6,7,8,9)/t3-,5-,6+,9-;4-,5-,6+,8-;5-,6+,7+;/m110./s1. The zero-order valence-corrected chi connectivity index (χ0v) is 34.2. The minimum absolute atomic E-state index is 0.0295. The Balaban J connectivity index is 0.000000154. The van der Waals surface area contributed by atoms with Crippen molar-refractivity contribution in [2.75, 3.05) is 25.6 Å². The van der Waals surface area contributed by atoms with E-state index in [4.69, 9.17) is 50.1 Å². The number of aromatic amines is 3. The van der Waals surface area contributed by atoms with E-state index in [-0.39, 0.29) is 36.0 Å². The summed E-state index contributed by atoms with van der Waals surface area (Å²) in [5.41, 5.74) is 1.35. The molecule has 9 rings (SSSR count). The Kier molecular flexibility index (Phi) is 15.3. The van der Waals surface area contributed by atoms with E-state index in [1.807, 2.05) is 4.98 Å². The summed E-state index contributed by atoms with van der Waals surface area (Å²) < 4.78 is 90.9. The van der Waals surface area contributed by atoms with Crippen LogP contribution in [-0.4, -0.2) is 158 Å². The predicted octanol–water partition coefficient (Wildman–Crippen LogP) is -5.69. The maximum Gasteiger partial charge on any atom is 0.469 e. The Hall–Kier alpha value is -6.14. The van der Waals surface area contributed by atoms with Crippen molar-refractivity contribution in [2.45, 2.75) is 73.9 Å². The summed E-state index contributed by atoms with van der Waals surface area (Å²) in [6.07, 6.45) is -8.84. The Labute approximate surface area is 365 Å². The van der Waals surface area contributed by atoms with E-state index in [9.17, 15) is 61.7 Å². The molecule has 0 saturated carbocycles. The molecule has 5 aromatic heterocycles. The Bertz CT molecular complexity index is 2930. The molecule has 67 heavy (non-hydrogen) atoms. The third-order valence-corrected chi connectivity index (χ3v) is 10.2. The van der Waals surface area contributed by atoms with Gasteiger partial charge in [0.1, 0.15) is 42.9 Å². The molecule has 11 atom stereocenters. The second kappa shape index (κ2) is 20.4. The topological polar surface area (TPSA) is 457 Å². The van der Waals surface area contributed by atoms with Gasteiger partial charge in [0.05, 0.1) is 44.6 Å². The van der Waals surface area contributed by atoms with Gasteiger partial charge in [-0.2, -0.15) is 28.1 Å². The average Bonchev–Trinajstić information content (AvgIpc) is 4.07. The fourth-order valence-electron chi connectivity index (χ4n) is 6.54. The van der Waals surface area contributed by atoms with Crippen LogP contribution in [0.25, 0.3) is 11.2 Å². The first-order chi connectivity index (χ1) is 31.5. The molecular weight excluding hydrogens is 947 g/mol. The van der Waals surface area contributed by atoms with Crippen molar-refractivity contribution < 1.29 is 86.0 Å². The molecule has 4 aliphatic heterocycles. The summed E-state index contributed by atoms with van der Waals surface area (Å²) >= 11 is 0. The van der Waals surface area contributed by atoms with Gasteiger partial charge in [-0.1, -0.05) is 0 Å². The number of ether oxygens (including phenoxy) is 4. The molecule has 9 heterocycles. The number of aromatic nitrogens is 10. The van der Waals surface area contributed by atoms with Gasteiger partial charge in [0.25, 0.3) is 11.1 Å². The van der Waals surface area contributed by atoms with Crippen molar-refractivity contribution in [1.29, 1.82) is 5.41 Å². The molecule has 3 saturated heterocycles. The molecule has 4 aliphatic rings. The molecule has 35 heteroatoms. The highest BCUT2D eigenvalue weighted by atomic mass is 31.2. The lowest BCUT2D eigenvalue weighted by molar-refractivity contribution is -0.0504. The van der Waals surface area contributed by atoms with Crippen LogP contribution in [0, 0.1) is 28.9 Å². The smallest absolute Gasteiger partial charge is 0.454 e. The number of rotatable bonds is 7. The lowest BCUT2D eigenvalue weighted by Gasteiger charge is -2.16. The van der Waals surface area contributed by atoms with Crippen LogP contribution in [0.15, 0.2) is 44.1 Å². The second-order valence-electron chi connectivity index (χ2n) is 14.2. The monoisotopic (exact) mass is 984 g/mol. The van der Waals surface area contributed by atoms with E-state index >= 15 is 0 Å². The summed E-state index contributed by atoms with van der Waals surface area (Å²) in [5.74, 6) is -3.13. The van der Waals surface area contributed by atoms with Crippen LogP contribution in [-0.2, 0) is 23.3 Å². The number of phosphoric ester groups is 1. The summed E-state index contributed by atoms with van der Waals surface area (Å²) in [7, 11) is -4.78. The molecule has 0 unspecified atom stereocenters. The molecule has 5 aromatic rings. The molecule has 0 aromatic carbocycles. The molecule has 366 valence electrons. The molecular formula is C32H37F4N12O18P. The SMILES string of the molecule is N=c1nc2n(cc1F)[C@@H]1O[C@H](CO)[C@@H](O)[C@@H]1O2.Nc1nc(F)nc2c1ncn2[C@@H]1O[C@H](COP(=O)(O)O)[C@@H](O)[C@@H]1O.O=c1[nH]c(=O)n([C@H]2C[C@H](O)[C@@H](CO)O2)cc1F.O=c1[nH]cc(F)c(=O)[nH]1. The van der Waals surface area contributed by atoms with Crippen molar-refractivity contribution in [3.63, 3.8) is 0 Å². The molecule has 0 aliphatic carbocycles. The van der Waals surface area contributed by atoms with E-state index in [0.29, 0.717) is 6.20 Å². The number of nitrogens with zero attached hydrogens (tertiary/aromatic N) is 7. The highest BCUT2D eigenvalue weighted by molar-refractivity contribution is 7.46. The Morgan fingerprint density at radius 2 is 1.48 bits per heavy atom. The summed E-state index contributed by atoms with van der Waals surface area (Å²) in [4.78, 5) is 79.7. The van der Waals surface area contributed by atoms with E-state index in [0.717, 1.165) is 27.9 Å². The fourth-order valence-corrected chi connectivity index (χ4v) is 6.88. The first-order valence-corrected chi connectivity index (χ1v) is 20.3. The van der Waals surface area contributed by atoms with Crippen LogP contribution in [0.5, 0.6) is 6.01 Å². The first kappa shape index (κ1) is 50.3. The quantitative estimate of drug-likeness (QED) is 0.0411. The van der Waals surface area contributed by atoms with Gasteiger partial charge >= 0.3 is 31.3 Å². The van der Waals surface area contributed by atoms with Gasteiger partial charge in [-0.15, -0.1) is 0 Å². The Morgan fingerprint density at radius 1 is 0.821 bits per heavy atom. The molecule has 14 N–H and O–H groups in total. The number of aliphatic hydroxyl groups is 6. The number of hydrogen-bond donors (Lipinski definition) is 13. The van der Waals surface area contributed by atoms with Crippen LogP contribution in [0.1, 0.15) is 25.1 Å². The second-order valence-corrected chi connectivity index (χ2v) is 15.4. The summed E-state index contributed by atoms with van der Waals surface area (Å²) in [5, 5.41) is 64.3. The maximum atomic E-state index is 13.3. The lowest BCUT2D eigenvalue weighted by atomic mass is 10.1. The number of nitrogens with two attached hydrogens (primary N) is 1. The number of anilines is 1. The minimum atomic E-state index is -4.78. The van der Waals surface area contributed by atoms with Crippen molar-refractivity contribution in [2.24, 2.45) is 0 Å². The zero-order valence-electron chi connectivity index (χ0n) is 33.3. The first-order valence-electron chi connectivity index (χ1n) is 18.8. The predicted molar refractivity (Wildman–Crippen MR) is 204 cm³/mol. The minimum Gasteiger partial charge on any atom is -0.454 e. The van der Waals surface area contributed by atoms with Gasteiger partial charge in [0, 0.05) is 12.6 Å². The van der Waals surface area contributed by atoms with Gasteiger partial charge in [-0.05, 0) is 0 Å². The van der Waals surface area contributed by atoms with Crippen molar-refractivity contribution in [1.82, 2.24) is 48.6 Å². The van der Waals surface area contributed by atoms with Crippen LogP contribution in [0.3, 0.4) is 0 Å². The number of nitrogens with one attached hydrogen (secondary N) is 4. The highest BCUT2D eigenvalue weighted by Gasteiger charge is 2.51. The van der Waals surface area contributed by atoms with E-state index < -0.39 is 140 Å². The number of phosphoric acid groups is 1. The van der Waals surface area contributed by atoms with Gasteiger partial charge < -0.3 is 70.1 Å². The van der Waals surface area contributed by atoms with E-state index in [1.165, 1.54) is 4.57 Å². The van der Waals surface area contributed by atoms with Crippen LogP contribution < -0.4 is 38.5 Å². The van der Waals surface area contributed by atoms with Crippen molar-refractivity contribution in [3.8, 4) is 6.01 Å². The molecule has 0 bridgehead atoms. The number of halogens is 4. The van der Waals surface area contributed by atoms with Gasteiger partial charge in [0.15, 0.2) is 46.8 Å². The van der Waals surface area contributed by atoms with Crippen molar-refractivity contribution in [3.05, 3.63) is 95.6 Å².